The van der Waals surface area contributed by atoms with E-state index in [1.807, 2.05) is 26.0 Å². The maximum atomic E-state index is 12.9. The molecule has 1 aromatic rings. The van der Waals surface area contributed by atoms with Gasteiger partial charge in [0.05, 0.1) is 4.86 Å². The Morgan fingerprint density at radius 2 is 2.05 bits per heavy atom. The second kappa shape index (κ2) is 6.42. The molecule has 1 aliphatic heterocycles. The number of alkyl halides is 4. The Labute approximate surface area is 136 Å². The number of hydrogen-bond donors (Lipinski definition) is 0. The largest absolute Gasteiger partial charge is 0.434 e. The molecule has 0 aliphatic carbocycles. The molecule has 0 saturated carbocycles. The maximum absolute atomic E-state index is 12.9. The lowest BCUT2D eigenvalue weighted by Crippen LogP contribution is -2.38. The number of amidine groups is 1. The van der Waals surface area contributed by atoms with Crippen molar-refractivity contribution < 1.29 is 13.2 Å². The molecule has 3 nitrogen and oxygen atoms in total. The number of halogens is 4. The van der Waals surface area contributed by atoms with Crippen LogP contribution in [0, 0.1) is 0 Å². The van der Waals surface area contributed by atoms with Crippen LogP contribution in [0.1, 0.15) is 31.0 Å². The first-order chi connectivity index (χ1) is 10.2. The fourth-order valence-electron chi connectivity index (χ4n) is 1.92. The van der Waals surface area contributed by atoms with Gasteiger partial charge in [-0.1, -0.05) is 37.7 Å². The Balaban J connectivity index is 2.29. The van der Waals surface area contributed by atoms with E-state index in [1.54, 1.807) is 6.20 Å². The van der Waals surface area contributed by atoms with Crippen molar-refractivity contribution in [2.45, 2.75) is 37.9 Å². The quantitative estimate of drug-likeness (QED) is 0.469. The fourth-order valence-corrected chi connectivity index (χ4v) is 2.35. The van der Waals surface area contributed by atoms with Crippen LogP contribution in [0.25, 0.3) is 0 Å². The molecule has 2 rings (SSSR count). The zero-order chi connectivity index (χ0) is 16.5. The summed E-state index contributed by atoms with van der Waals surface area (Å²) in [6.45, 7) is 4.04. The summed E-state index contributed by atoms with van der Waals surface area (Å²) in [5, 5.41) is 0. The lowest BCUT2D eigenvalue weighted by atomic mass is 10.0. The van der Waals surface area contributed by atoms with E-state index in [0.717, 1.165) is 5.56 Å². The normalized spacial score (nSPS) is 19.2. The fraction of sp³-hybridized carbons (Fsp3) is 0.429. The summed E-state index contributed by atoms with van der Waals surface area (Å²) in [5.74, 6) is 0.270. The lowest BCUT2D eigenvalue weighted by molar-refractivity contribution is -0.0565. The van der Waals surface area contributed by atoms with Crippen LogP contribution in [0.2, 0.25) is 0 Å². The van der Waals surface area contributed by atoms with E-state index in [2.05, 4.69) is 27.2 Å². The number of pyridine rings is 1. The van der Waals surface area contributed by atoms with Crippen molar-refractivity contribution in [3.05, 3.63) is 29.6 Å². The Hall–Kier alpha value is -1.34. The van der Waals surface area contributed by atoms with Crippen LogP contribution in [0.4, 0.5) is 13.2 Å². The predicted molar refractivity (Wildman–Crippen MR) is 85.2 cm³/mol. The topological polar surface area (TPSA) is 37.6 Å². The van der Waals surface area contributed by atoms with Crippen molar-refractivity contribution in [3.63, 3.8) is 0 Å². The van der Waals surface area contributed by atoms with E-state index >= 15 is 0 Å². The van der Waals surface area contributed by atoms with Gasteiger partial charge in [-0.2, -0.15) is 13.2 Å². The molecule has 0 fully saturated rings. The highest BCUT2D eigenvalue weighted by atomic mass is 35.5. The molecular weight excluding hydrogens is 335 g/mol. The average molecular weight is 348 g/mol. The summed E-state index contributed by atoms with van der Waals surface area (Å²) in [6.07, 6.45) is -2.95. The highest BCUT2D eigenvalue weighted by molar-refractivity contribution is 7.82. The summed E-state index contributed by atoms with van der Waals surface area (Å²) in [5.41, 5.74) is -0.744. The van der Waals surface area contributed by atoms with Crippen molar-refractivity contribution in [2.24, 2.45) is 9.98 Å². The molecule has 0 N–H and O–H groups in total. The standard InChI is InChI=1S/C14H13ClF3N3S/c1-7(2)8-3-4-19-9(5-8)6-10-20-12(14(16,17)18)11(22)13(15)21-10/h3-5,7,13H,6H2,1-2H3. The number of aliphatic imine (C=N–C) groups is 2. The van der Waals surface area contributed by atoms with Gasteiger partial charge in [-0.3, -0.25) is 4.98 Å². The first-order valence-electron chi connectivity index (χ1n) is 6.54. The molecule has 2 heterocycles. The van der Waals surface area contributed by atoms with Crippen LogP contribution in [0.3, 0.4) is 0 Å². The number of aromatic nitrogens is 1. The van der Waals surface area contributed by atoms with E-state index in [4.69, 9.17) is 11.6 Å². The monoisotopic (exact) mass is 347 g/mol. The smallest absolute Gasteiger partial charge is 0.261 e. The van der Waals surface area contributed by atoms with Gasteiger partial charge in [0.25, 0.3) is 0 Å². The SMILES string of the molecule is CC(C)c1ccnc(CC2=NC(Cl)C(=S)C(C(F)(F)F)=N2)c1. The van der Waals surface area contributed by atoms with E-state index in [1.165, 1.54) is 0 Å². The third-order valence-corrected chi connectivity index (χ3v) is 3.93. The molecule has 1 unspecified atom stereocenters. The maximum Gasteiger partial charge on any atom is 0.434 e. The van der Waals surface area contributed by atoms with Gasteiger partial charge in [-0.15, -0.1) is 0 Å². The van der Waals surface area contributed by atoms with Crippen LogP contribution in [-0.2, 0) is 6.42 Å². The zero-order valence-electron chi connectivity index (χ0n) is 11.9. The molecule has 1 aliphatic rings. The number of rotatable bonds is 3. The highest BCUT2D eigenvalue weighted by Crippen LogP contribution is 2.25. The minimum absolute atomic E-state index is 0.0191. The zero-order valence-corrected chi connectivity index (χ0v) is 13.4. The Morgan fingerprint density at radius 3 is 2.64 bits per heavy atom. The second-order valence-corrected chi connectivity index (χ2v) is 5.97. The molecule has 8 heteroatoms. The lowest BCUT2D eigenvalue weighted by Gasteiger charge is -2.19. The van der Waals surface area contributed by atoms with E-state index in [0.29, 0.717) is 5.69 Å². The minimum atomic E-state index is -4.64. The first-order valence-corrected chi connectivity index (χ1v) is 7.38. The minimum Gasteiger partial charge on any atom is -0.261 e. The molecule has 22 heavy (non-hydrogen) atoms. The van der Waals surface area contributed by atoms with Crippen molar-refractivity contribution in [1.82, 2.24) is 4.98 Å². The van der Waals surface area contributed by atoms with Crippen LogP contribution in [0.15, 0.2) is 28.3 Å². The molecular formula is C14H13ClF3N3S. The average Bonchev–Trinajstić information content (AvgIpc) is 2.41. The molecule has 0 aromatic carbocycles. The molecule has 0 bridgehead atoms. The third-order valence-electron chi connectivity index (χ3n) is 3.07. The summed E-state index contributed by atoms with van der Waals surface area (Å²) in [6, 6.07) is 3.69. The van der Waals surface area contributed by atoms with Crippen molar-refractivity contribution in [2.75, 3.05) is 0 Å². The molecule has 1 atom stereocenters. The van der Waals surface area contributed by atoms with Crippen LogP contribution >= 0.6 is 23.8 Å². The molecule has 0 radical (unpaired) electrons. The van der Waals surface area contributed by atoms with Gasteiger partial charge in [0.2, 0.25) is 0 Å². The summed E-state index contributed by atoms with van der Waals surface area (Å²) < 4.78 is 38.7. The Morgan fingerprint density at radius 1 is 1.36 bits per heavy atom. The van der Waals surface area contributed by atoms with Crippen molar-refractivity contribution >= 4 is 40.2 Å². The van der Waals surface area contributed by atoms with Gasteiger partial charge < -0.3 is 0 Å². The van der Waals surface area contributed by atoms with Crippen molar-refractivity contribution in [3.8, 4) is 0 Å². The predicted octanol–water partition coefficient (Wildman–Crippen LogP) is 4.10. The van der Waals surface area contributed by atoms with E-state index in [-0.39, 0.29) is 18.2 Å². The van der Waals surface area contributed by atoms with Crippen LogP contribution in [-0.4, -0.2) is 33.1 Å². The van der Waals surface area contributed by atoms with Gasteiger partial charge in [0.1, 0.15) is 5.84 Å². The summed E-state index contributed by atoms with van der Waals surface area (Å²) in [7, 11) is 0. The molecule has 1 aromatic heterocycles. The Bertz CT molecular complexity index is 653. The van der Waals surface area contributed by atoms with Gasteiger partial charge in [0.15, 0.2) is 11.2 Å². The Kier molecular flexibility index (Phi) is 4.97. The van der Waals surface area contributed by atoms with Gasteiger partial charge in [-0.25, -0.2) is 9.98 Å². The first kappa shape index (κ1) is 17.0. The van der Waals surface area contributed by atoms with Gasteiger partial charge in [-0.05, 0) is 23.6 Å². The van der Waals surface area contributed by atoms with Crippen molar-refractivity contribution in [1.29, 1.82) is 0 Å². The number of nitrogens with zero attached hydrogens (tertiary/aromatic N) is 3. The van der Waals surface area contributed by atoms with E-state index < -0.39 is 22.3 Å². The molecule has 118 valence electrons. The van der Waals surface area contributed by atoms with Gasteiger partial charge in [0, 0.05) is 18.3 Å². The van der Waals surface area contributed by atoms with E-state index in [9.17, 15) is 13.2 Å². The number of thiocarbonyl (C=S) groups is 1. The van der Waals surface area contributed by atoms with Crippen LogP contribution in [0.5, 0.6) is 0 Å². The molecule has 0 amide bonds. The highest BCUT2D eigenvalue weighted by Gasteiger charge is 2.42. The summed E-state index contributed by atoms with van der Waals surface area (Å²) in [4.78, 5) is 11.1. The number of hydrogen-bond acceptors (Lipinski definition) is 4. The van der Waals surface area contributed by atoms with Gasteiger partial charge >= 0.3 is 6.18 Å². The third kappa shape index (κ3) is 3.89. The second-order valence-electron chi connectivity index (χ2n) is 5.12. The summed E-state index contributed by atoms with van der Waals surface area (Å²) >= 11 is 10.4. The molecule has 0 saturated heterocycles. The molecule has 0 spiro atoms. The van der Waals surface area contributed by atoms with Crippen LogP contribution < -0.4 is 0 Å².